The minimum atomic E-state index is -0.408. The third-order valence-corrected chi connectivity index (χ3v) is 4.50. The van der Waals surface area contributed by atoms with Crippen LogP contribution in [0.15, 0.2) is 31.2 Å². The van der Waals surface area contributed by atoms with Crippen LogP contribution in [0, 0.1) is 6.92 Å². The zero-order valence-electron chi connectivity index (χ0n) is 15.8. The van der Waals surface area contributed by atoms with E-state index in [0.717, 1.165) is 15.7 Å². The summed E-state index contributed by atoms with van der Waals surface area (Å²) in [5.41, 5.74) is 0.805. The Kier molecular flexibility index (Phi) is 9.60. The molecule has 0 saturated heterocycles. The highest BCUT2D eigenvalue weighted by Crippen LogP contribution is 2.30. The third-order valence-electron chi connectivity index (χ3n) is 2.41. The fraction of sp³-hybridized carbons (Fsp3) is 0.438. The monoisotopic (exact) mass is 396 g/mol. The van der Waals surface area contributed by atoms with Gasteiger partial charge in [-0.1, -0.05) is 25.2 Å². The number of nitrogens with one attached hydrogen (secondary N) is 2. The summed E-state index contributed by atoms with van der Waals surface area (Å²) in [6.07, 6.45) is 3.39. The van der Waals surface area contributed by atoms with E-state index in [4.69, 9.17) is 4.42 Å². The molecule has 0 radical (unpaired) electrons. The second-order valence-electron chi connectivity index (χ2n) is 4.95. The van der Waals surface area contributed by atoms with E-state index in [0.29, 0.717) is 22.6 Å². The highest BCUT2D eigenvalue weighted by Gasteiger charge is 2.09. The van der Waals surface area contributed by atoms with Crippen molar-refractivity contribution in [2.24, 2.45) is 10.2 Å². The summed E-state index contributed by atoms with van der Waals surface area (Å²) in [5, 5.41) is 13.5. The van der Waals surface area contributed by atoms with Gasteiger partial charge in [-0.3, -0.25) is 10.6 Å². The Hall–Kier alpha value is -2.20. The van der Waals surface area contributed by atoms with E-state index < -0.39 is 6.03 Å². The van der Waals surface area contributed by atoms with Crippen molar-refractivity contribution < 1.29 is 9.21 Å². The molecule has 0 bridgehead atoms. The topological polar surface area (TPSA) is 105 Å². The van der Waals surface area contributed by atoms with Crippen LogP contribution in [0.5, 0.6) is 0 Å². The van der Waals surface area contributed by atoms with Crippen LogP contribution in [0.1, 0.15) is 46.3 Å². The number of amides is 2. The number of anilines is 1. The number of aromatic nitrogens is 2. The number of urea groups is 1. The summed E-state index contributed by atoms with van der Waals surface area (Å²) in [7, 11) is 0. The quantitative estimate of drug-likeness (QED) is 0.330. The molecule has 2 amide bonds. The Morgan fingerprint density at radius 1 is 1.23 bits per heavy atom. The molecule has 26 heavy (non-hydrogen) atoms. The SMILES string of the molecule is CC.CC(C)=N/N=C(\C)NC(=O)Nc1ncc(SCc2ncc(C)o2)s1. The van der Waals surface area contributed by atoms with Crippen molar-refractivity contribution in [3.63, 3.8) is 0 Å². The van der Waals surface area contributed by atoms with Crippen molar-refractivity contribution in [2.75, 3.05) is 5.32 Å². The predicted octanol–water partition coefficient (Wildman–Crippen LogP) is 4.69. The lowest BCUT2D eigenvalue weighted by atomic mass is 10.5. The maximum atomic E-state index is 11.8. The number of aryl methyl sites for hydroxylation is 1. The minimum absolute atomic E-state index is 0.402. The number of hydrogen-bond donors (Lipinski definition) is 2. The molecule has 142 valence electrons. The van der Waals surface area contributed by atoms with Crippen LogP contribution in [0.4, 0.5) is 9.93 Å². The lowest BCUT2D eigenvalue weighted by molar-refractivity contribution is 0.256. The molecular weight excluding hydrogens is 372 g/mol. The van der Waals surface area contributed by atoms with Crippen molar-refractivity contribution >= 4 is 45.8 Å². The zero-order valence-corrected chi connectivity index (χ0v) is 17.4. The number of amidine groups is 1. The molecule has 0 fully saturated rings. The second-order valence-corrected chi connectivity index (χ2v) is 7.26. The van der Waals surface area contributed by atoms with Gasteiger partial charge in [-0.2, -0.15) is 5.10 Å². The highest BCUT2D eigenvalue weighted by molar-refractivity contribution is 8.00. The number of thioether (sulfide) groups is 1. The van der Waals surface area contributed by atoms with E-state index in [2.05, 4.69) is 30.8 Å². The maximum Gasteiger partial charge on any atom is 0.326 e. The first-order chi connectivity index (χ1) is 12.4. The molecule has 2 heterocycles. The van der Waals surface area contributed by atoms with Gasteiger partial charge in [0.25, 0.3) is 0 Å². The van der Waals surface area contributed by atoms with Gasteiger partial charge >= 0.3 is 6.03 Å². The van der Waals surface area contributed by atoms with E-state index in [1.165, 1.54) is 11.3 Å². The van der Waals surface area contributed by atoms with E-state index in [-0.39, 0.29) is 0 Å². The van der Waals surface area contributed by atoms with Crippen LogP contribution in [-0.4, -0.2) is 27.5 Å². The number of rotatable bonds is 5. The van der Waals surface area contributed by atoms with Gasteiger partial charge in [0.2, 0.25) is 5.89 Å². The molecule has 2 aromatic heterocycles. The average Bonchev–Trinajstić information content (AvgIpc) is 3.21. The Morgan fingerprint density at radius 2 is 1.96 bits per heavy atom. The lowest BCUT2D eigenvalue weighted by Gasteiger charge is -2.03. The van der Waals surface area contributed by atoms with E-state index in [1.54, 1.807) is 31.1 Å². The molecule has 2 aromatic rings. The van der Waals surface area contributed by atoms with Gasteiger partial charge in [0.15, 0.2) is 5.13 Å². The summed E-state index contributed by atoms with van der Waals surface area (Å²) < 4.78 is 6.37. The smallest absolute Gasteiger partial charge is 0.326 e. The second kappa shape index (κ2) is 11.4. The fourth-order valence-electron chi connectivity index (χ4n) is 1.48. The Balaban J connectivity index is 0.00000163. The predicted molar refractivity (Wildman–Crippen MR) is 108 cm³/mol. The van der Waals surface area contributed by atoms with Crippen LogP contribution in [-0.2, 0) is 5.75 Å². The molecule has 8 nitrogen and oxygen atoms in total. The first-order valence-corrected chi connectivity index (χ1v) is 9.86. The van der Waals surface area contributed by atoms with Gasteiger partial charge < -0.3 is 4.42 Å². The molecule has 0 aliphatic rings. The normalized spacial score (nSPS) is 10.6. The highest BCUT2D eigenvalue weighted by atomic mass is 32.2. The van der Waals surface area contributed by atoms with Crippen LogP contribution < -0.4 is 10.6 Å². The third kappa shape index (κ3) is 8.26. The molecule has 10 heteroatoms. The average molecular weight is 397 g/mol. The van der Waals surface area contributed by atoms with E-state index >= 15 is 0 Å². The molecule has 2 rings (SSSR count). The Morgan fingerprint density at radius 3 is 2.58 bits per heavy atom. The molecule has 0 spiro atoms. The van der Waals surface area contributed by atoms with Crippen molar-refractivity contribution in [3.8, 4) is 0 Å². The fourth-order valence-corrected chi connectivity index (χ4v) is 3.20. The van der Waals surface area contributed by atoms with Crippen LogP contribution >= 0.6 is 23.1 Å². The van der Waals surface area contributed by atoms with Crippen molar-refractivity contribution in [1.29, 1.82) is 0 Å². The van der Waals surface area contributed by atoms with E-state index in [9.17, 15) is 4.79 Å². The van der Waals surface area contributed by atoms with Crippen LogP contribution in [0.2, 0.25) is 0 Å². The van der Waals surface area contributed by atoms with E-state index in [1.807, 2.05) is 34.6 Å². The summed E-state index contributed by atoms with van der Waals surface area (Å²) >= 11 is 2.92. The largest absolute Gasteiger partial charge is 0.445 e. The summed E-state index contributed by atoms with van der Waals surface area (Å²) in [6, 6.07) is -0.408. The first-order valence-electron chi connectivity index (χ1n) is 8.06. The summed E-state index contributed by atoms with van der Waals surface area (Å²) in [4.78, 5) is 20.1. The number of carbonyl (C=O) groups excluding carboxylic acids is 1. The summed E-state index contributed by atoms with van der Waals surface area (Å²) in [5.74, 6) is 2.46. The number of hydrogen-bond acceptors (Lipinski definition) is 8. The number of carbonyl (C=O) groups is 1. The molecule has 0 aliphatic heterocycles. The van der Waals surface area contributed by atoms with Crippen molar-refractivity contribution in [1.82, 2.24) is 15.3 Å². The molecule has 2 N–H and O–H groups in total. The van der Waals surface area contributed by atoms with Crippen LogP contribution in [0.25, 0.3) is 0 Å². The number of nitrogens with zero attached hydrogens (tertiary/aromatic N) is 4. The van der Waals surface area contributed by atoms with Crippen LogP contribution in [0.3, 0.4) is 0 Å². The standard InChI is InChI=1S/C14H18N6O2S2.C2H6/c1-8(2)19-20-10(4)17-13(21)18-14-16-6-12(24-14)23-7-11-15-5-9(3)22-11;1-2/h5-6H,7H2,1-4H3,(H2,16,17,18,20,21);1-2H3. The maximum absolute atomic E-state index is 11.8. The van der Waals surface area contributed by atoms with Gasteiger partial charge in [-0.25, -0.2) is 14.8 Å². The first kappa shape index (κ1) is 21.8. The van der Waals surface area contributed by atoms with Crippen molar-refractivity contribution in [3.05, 3.63) is 24.0 Å². The lowest BCUT2D eigenvalue weighted by Crippen LogP contribution is -2.32. The Labute approximate surface area is 161 Å². The van der Waals surface area contributed by atoms with Gasteiger partial charge in [-0.15, -0.1) is 16.9 Å². The van der Waals surface area contributed by atoms with Gasteiger partial charge in [0, 0.05) is 5.71 Å². The number of thiazole rings is 1. The summed E-state index contributed by atoms with van der Waals surface area (Å²) in [6.45, 7) is 11.2. The van der Waals surface area contributed by atoms with Crippen molar-refractivity contribution in [2.45, 2.75) is 51.5 Å². The molecule has 0 saturated carbocycles. The molecular formula is C16H24N6O2S2. The molecule has 0 unspecified atom stereocenters. The zero-order chi connectivity index (χ0) is 19.5. The minimum Gasteiger partial charge on any atom is -0.445 e. The Bertz CT molecular complexity index is 762. The van der Waals surface area contributed by atoms with Gasteiger partial charge in [0.05, 0.1) is 22.4 Å². The number of oxazole rings is 1. The van der Waals surface area contributed by atoms with Gasteiger partial charge in [0.1, 0.15) is 11.6 Å². The molecule has 0 atom stereocenters. The molecule has 0 aliphatic carbocycles. The van der Waals surface area contributed by atoms with Gasteiger partial charge in [-0.05, 0) is 27.7 Å². The molecule has 0 aromatic carbocycles.